The van der Waals surface area contributed by atoms with E-state index in [4.69, 9.17) is 0 Å². The third-order valence-electron chi connectivity index (χ3n) is 2.59. The van der Waals surface area contributed by atoms with Gasteiger partial charge in [0.15, 0.2) is 0 Å². The summed E-state index contributed by atoms with van der Waals surface area (Å²) < 4.78 is 0. The lowest BCUT2D eigenvalue weighted by Gasteiger charge is -2.27. The van der Waals surface area contributed by atoms with Gasteiger partial charge in [-0.25, -0.2) is 0 Å². The highest BCUT2D eigenvalue weighted by atomic mass is 16.2. The van der Waals surface area contributed by atoms with Gasteiger partial charge < -0.3 is 5.32 Å². The normalized spacial score (nSPS) is 18.1. The molecule has 2 aliphatic heterocycles. The van der Waals surface area contributed by atoms with Crippen LogP contribution in [0.2, 0.25) is 0 Å². The molecule has 0 radical (unpaired) electrons. The van der Waals surface area contributed by atoms with Crippen molar-refractivity contribution < 1.29 is 9.59 Å². The Kier molecular flexibility index (Phi) is 1.48. The van der Waals surface area contributed by atoms with Crippen molar-refractivity contribution in [2.24, 2.45) is 0 Å². The number of hydrogen-bond acceptors (Lipinski definition) is 2. The predicted octanol–water partition coefficient (Wildman–Crippen LogP) is 1.26. The topological polar surface area (TPSA) is 49.4 Å². The minimum Gasteiger partial charge on any atom is -0.319 e. The van der Waals surface area contributed by atoms with Crippen molar-refractivity contribution in [1.82, 2.24) is 0 Å². The Balaban J connectivity index is 2.22. The van der Waals surface area contributed by atoms with Gasteiger partial charge in [-0.3, -0.25) is 14.5 Å². The fraction of sp³-hybridized carbons (Fsp3) is 0.0909. The SMILES string of the molecule is O=C1Nc2ccccc2N2C(=O)CC=C12. The summed E-state index contributed by atoms with van der Waals surface area (Å²) in [7, 11) is 0. The molecule has 2 aliphatic rings. The van der Waals surface area contributed by atoms with E-state index < -0.39 is 0 Å². The second kappa shape index (κ2) is 2.70. The minimum atomic E-state index is -0.209. The van der Waals surface area contributed by atoms with Crippen molar-refractivity contribution in [1.29, 1.82) is 0 Å². The number of anilines is 2. The molecule has 15 heavy (non-hydrogen) atoms. The van der Waals surface area contributed by atoms with Gasteiger partial charge in [0.1, 0.15) is 5.70 Å². The molecule has 0 saturated heterocycles. The van der Waals surface area contributed by atoms with Crippen LogP contribution in [0.4, 0.5) is 11.4 Å². The Bertz CT molecular complexity index is 505. The first-order valence-electron chi connectivity index (χ1n) is 4.71. The molecule has 1 aromatic carbocycles. The summed E-state index contributed by atoms with van der Waals surface area (Å²) in [6.45, 7) is 0. The van der Waals surface area contributed by atoms with Gasteiger partial charge in [0.25, 0.3) is 5.91 Å². The van der Waals surface area contributed by atoms with E-state index >= 15 is 0 Å². The Labute approximate surface area is 86.2 Å². The maximum atomic E-state index is 11.6. The Morgan fingerprint density at radius 3 is 2.87 bits per heavy atom. The van der Waals surface area contributed by atoms with E-state index in [-0.39, 0.29) is 11.8 Å². The van der Waals surface area contributed by atoms with Gasteiger partial charge in [0.05, 0.1) is 11.4 Å². The van der Waals surface area contributed by atoms with Crippen LogP contribution in [0.25, 0.3) is 0 Å². The largest absolute Gasteiger partial charge is 0.319 e. The van der Waals surface area contributed by atoms with Gasteiger partial charge in [-0.2, -0.15) is 0 Å². The molecule has 0 fully saturated rings. The van der Waals surface area contributed by atoms with Gasteiger partial charge in [-0.1, -0.05) is 12.1 Å². The lowest BCUT2D eigenvalue weighted by atomic mass is 10.2. The molecule has 0 aromatic heterocycles. The van der Waals surface area contributed by atoms with Crippen LogP contribution in [-0.4, -0.2) is 11.8 Å². The highest BCUT2D eigenvalue weighted by molar-refractivity contribution is 6.21. The number of hydrogen-bond donors (Lipinski definition) is 1. The predicted molar refractivity (Wildman–Crippen MR) is 55.3 cm³/mol. The Morgan fingerprint density at radius 1 is 1.20 bits per heavy atom. The van der Waals surface area contributed by atoms with E-state index in [9.17, 15) is 9.59 Å². The highest BCUT2D eigenvalue weighted by Gasteiger charge is 2.34. The first kappa shape index (κ1) is 8.23. The summed E-state index contributed by atoms with van der Waals surface area (Å²) in [6, 6.07) is 7.29. The van der Waals surface area contributed by atoms with Crippen LogP contribution in [0.3, 0.4) is 0 Å². The Morgan fingerprint density at radius 2 is 2.00 bits per heavy atom. The van der Waals surface area contributed by atoms with E-state index in [2.05, 4.69) is 5.32 Å². The average molecular weight is 200 g/mol. The number of carbonyl (C=O) groups excluding carboxylic acids is 2. The van der Waals surface area contributed by atoms with E-state index in [0.717, 1.165) is 5.69 Å². The molecule has 0 aliphatic carbocycles. The molecule has 0 bridgehead atoms. The third kappa shape index (κ3) is 1.01. The molecule has 0 saturated carbocycles. The van der Waals surface area contributed by atoms with Crippen molar-refractivity contribution >= 4 is 23.2 Å². The van der Waals surface area contributed by atoms with Crippen LogP contribution >= 0.6 is 0 Å². The zero-order chi connectivity index (χ0) is 10.4. The lowest BCUT2D eigenvalue weighted by Crippen LogP contribution is -2.36. The summed E-state index contributed by atoms with van der Waals surface area (Å²) in [4.78, 5) is 24.7. The maximum Gasteiger partial charge on any atom is 0.272 e. The molecule has 2 amide bonds. The van der Waals surface area contributed by atoms with Crippen molar-refractivity contribution in [3.63, 3.8) is 0 Å². The van der Waals surface area contributed by atoms with E-state index in [1.807, 2.05) is 18.2 Å². The van der Waals surface area contributed by atoms with Gasteiger partial charge in [-0.15, -0.1) is 0 Å². The van der Waals surface area contributed by atoms with E-state index in [1.54, 1.807) is 12.1 Å². The molecule has 0 spiro atoms. The van der Waals surface area contributed by atoms with Gasteiger partial charge in [-0.05, 0) is 18.2 Å². The number of benzene rings is 1. The number of nitrogens with one attached hydrogen (secondary N) is 1. The molecule has 1 N–H and O–H groups in total. The van der Waals surface area contributed by atoms with E-state index in [1.165, 1.54) is 4.90 Å². The summed E-state index contributed by atoms with van der Waals surface area (Å²) in [6.07, 6.45) is 1.96. The second-order valence-electron chi connectivity index (χ2n) is 3.49. The average Bonchev–Trinajstić information content (AvgIpc) is 2.62. The van der Waals surface area contributed by atoms with Crippen LogP contribution < -0.4 is 10.2 Å². The van der Waals surface area contributed by atoms with Crippen LogP contribution in [0, 0.1) is 0 Å². The molecule has 0 unspecified atom stereocenters. The highest BCUT2D eigenvalue weighted by Crippen LogP contribution is 2.36. The zero-order valence-electron chi connectivity index (χ0n) is 7.86. The molecule has 0 atom stereocenters. The van der Waals surface area contributed by atoms with Crippen molar-refractivity contribution in [3.05, 3.63) is 36.0 Å². The minimum absolute atomic E-state index is 0.0488. The smallest absolute Gasteiger partial charge is 0.272 e. The molecule has 1 aromatic rings. The van der Waals surface area contributed by atoms with Crippen LogP contribution in [0.15, 0.2) is 36.0 Å². The van der Waals surface area contributed by atoms with Crippen LogP contribution in [0.5, 0.6) is 0 Å². The maximum absolute atomic E-state index is 11.6. The standard InChI is InChI=1S/C11H8N2O2/c14-10-6-5-9-11(15)12-7-3-1-2-4-8(7)13(9)10/h1-5H,6H2,(H,12,15). The Hall–Kier alpha value is -2.10. The van der Waals surface area contributed by atoms with Crippen molar-refractivity contribution in [2.45, 2.75) is 6.42 Å². The number of rotatable bonds is 0. The molecule has 3 rings (SSSR count). The number of para-hydroxylation sites is 2. The number of amides is 2. The summed E-state index contributed by atoms with van der Waals surface area (Å²) in [5, 5.41) is 2.75. The van der Waals surface area contributed by atoms with Gasteiger partial charge >= 0.3 is 0 Å². The molecule has 4 heteroatoms. The number of fused-ring (bicyclic) bond motifs is 3. The first-order valence-corrected chi connectivity index (χ1v) is 4.71. The molecular formula is C11H8N2O2. The second-order valence-corrected chi connectivity index (χ2v) is 3.49. The molecular weight excluding hydrogens is 192 g/mol. The van der Waals surface area contributed by atoms with Gasteiger partial charge in [0, 0.05) is 6.42 Å². The summed E-state index contributed by atoms with van der Waals surface area (Å²) >= 11 is 0. The molecule has 2 heterocycles. The summed E-state index contributed by atoms with van der Waals surface area (Å²) in [5.74, 6) is -0.258. The van der Waals surface area contributed by atoms with Crippen LogP contribution in [0.1, 0.15) is 6.42 Å². The monoisotopic (exact) mass is 200 g/mol. The lowest BCUT2D eigenvalue weighted by molar-refractivity contribution is -0.118. The molecule has 74 valence electrons. The number of nitrogens with zero attached hydrogens (tertiary/aromatic N) is 1. The fourth-order valence-electron chi connectivity index (χ4n) is 1.92. The zero-order valence-corrected chi connectivity index (χ0v) is 7.86. The fourth-order valence-corrected chi connectivity index (χ4v) is 1.92. The van der Waals surface area contributed by atoms with Gasteiger partial charge in [0.2, 0.25) is 5.91 Å². The van der Waals surface area contributed by atoms with Crippen molar-refractivity contribution in [3.8, 4) is 0 Å². The quantitative estimate of drug-likeness (QED) is 0.685. The van der Waals surface area contributed by atoms with E-state index in [0.29, 0.717) is 17.8 Å². The summed E-state index contributed by atoms with van der Waals surface area (Å²) in [5.41, 5.74) is 1.89. The first-order chi connectivity index (χ1) is 7.27. The number of carbonyl (C=O) groups is 2. The third-order valence-corrected chi connectivity index (χ3v) is 2.59. The van der Waals surface area contributed by atoms with Crippen molar-refractivity contribution in [2.75, 3.05) is 10.2 Å². The molecule has 4 nitrogen and oxygen atoms in total. The van der Waals surface area contributed by atoms with Crippen LogP contribution in [-0.2, 0) is 9.59 Å².